The smallest absolute Gasteiger partial charge is 0.207 e. The van der Waals surface area contributed by atoms with Crippen LogP contribution in [-0.2, 0) is 18.3 Å². The highest BCUT2D eigenvalue weighted by atomic mass is 19.3. The van der Waals surface area contributed by atoms with Crippen LogP contribution in [0.15, 0.2) is 66.9 Å². The van der Waals surface area contributed by atoms with Crippen LogP contribution in [0.4, 0.5) is 8.78 Å². The van der Waals surface area contributed by atoms with Crippen molar-refractivity contribution in [2.45, 2.75) is 51.4 Å². The molecular formula is C28H26F2N2. The van der Waals surface area contributed by atoms with Gasteiger partial charge in [-0.05, 0) is 63.1 Å². The summed E-state index contributed by atoms with van der Waals surface area (Å²) in [5, 5.41) is 11.1. The molecule has 162 valence electrons. The monoisotopic (exact) mass is 428 g/mol. The van der Waals surface area contributed by atoms with Gasteiger partial charge in [0.2, 0.25) is 0 Å². The number of aryl methyl sites for hydroxylation is 1. The molecule has 1 aliphatic rings. The van der Waals surface area contributed by atoms with E-state index in [-0.39, 0.29) is 18.3 Å². The number of benzene rings is 3. The van der Waals surface area contributed by atoms with Crippen molar-refractivity contribution in [1.82, 2.24) is 10.2 Å². The molecule has 0 fully saturated rings. The summed E-state index contributed by atoms with van der Waals surface area (Å²) in [7, 11) is 0. The third-order valence-electron chi connectivity index (χ3n) is 6.37. The number of halogens is 2. The largest absolute Gasteiger partial charge is 0.252 e. The number of alkyl halides is 2. The second-order valence-corrected chi connectivity index (χ2v) is 9.84. The maximum Gasteiger partial charge on any atom is 0.252 e. The van der Waals surface area contributed by atoms with Crippen molar-refractivity contribution >= 4 is 10.8 Å². The van der Waals surface area contributed by atoms with Crippen molar-refractivity contribution in [3.63, 3.8) is 0 Å². The molecule has 0 bridgehead atoms. The summed E-state index contributed by atoms with van der Waals surface area (Å²) in [6.07, 6.45) is 1.87. The number of rotatable bonds is 2. The third kappa shape index (κ3) is 3.90. The van der Waals surface area contributed by atoms with E-state index in [0.717, 1.165) is 38.9 Å². The molecule has 0 saturated heterocycles. The Balaban J connectivity index is 1.59. The quantitative estimate of drug-likeness (QED) is 0.333. The number of fused-ring (bicyclic) bond motifs is 2. The molecule has 0 radical (unpaired) electrons. The minimum absolute atomic E-state index is 0.0234. The fourth-order valence-electron chi connectivity index (χ4n) is 4.64. The van der Waals surface area contributed by atoms with Gasteiger partial charge in [0.1, 0.15) is 0 Å². The van der Waals surface area contributed by atoms with Crippen LogP contribution in [-0.4, -0.2) is 16.1 Å². The van der Waals surface area contributed by atoms with Crippen LogP contribution in [0, 0.1) is 0 Å². The highest BCUT2D eigenvalue weighted by Gasteiger charge is 2.33. The number of hydrogen-bond donors (Lipinski definition) is 0. The van der Waals surface area contributed by atoms with E-state index >= 15 is 0 Å². The Morgan fingerprint density at radius 2 is 1.66 bits per heavy atom. The zero-order valence-electron chi connectivity index (χ0n) is 18.6. The lowest BCUT2D eigenvalue weighted by Gasteiger charge is -2.24. The summed E-state index contributed by atoms with van der Waals surface area (Å²) < 4.78 is 27.9. The van der Waals surface area contributed by atoms with Gasteiger partial charge in [-0.15, -0.1) is 0 Å². The molecule has 3 aromatic carbocycles. The topological polar surface area (TPSA) is 25.8 Å². The first kappa shape index (κ1) is 20.7. The van der Waals surface area contributed by atoms with Gasteiger partial charge in [-0.25, -0.2) is 8.78 Å². The number of aromatic nitrogens is 2. The minimum Gasteiger partial charge on any atom is -0.207 e. The highest BCUT2D eigenvalue weighted by molar-refractivity contribution is 5.91. The van der Waals surface area contributed by atoms with Crippen LogP contribution < -0.4 is 0 Å². The molecule has 32 heavy (non-hydrogen) atoms. The molecular weight excluding hydrogens is 402 g/mol. The molecule has 0 saturated carbocycles. The Morgan fingerprint density at radius 1 is 0.844 bits per heavy atom. The summed E-state index contributed by atoms with van der Waals surface area (Å²) in [5.74, 6) is -2.62. The van der Waals surface area contributed by atoms with Gasteiger partial charge in [0.25, 0.3) is 5.92 Å². The molecule has 0 aliphatic heterocycles. The fraction of sp³-hybridized carbons (Fsp3) is 0.286. The Hall–Kier alpha value is -3.14. The van der Waals surface area contributed by atoms with Crippen LogP contribution in [0.1, 0.15) is 43.9 Å². The predicted molar refractivity (Wildman–Crippen MR) is 126 cm³/mol. The second kappa shape index (κ2) is 7.47. The molecule has 0 amide bonds. The van der Waals surface area contributed by atoms with E-state index in [2.05, 4.69) is 61.3 Å². The summed E-state index contributed by atoms with van der Waals surface area (Å²) in [6.45, 7) is 6.64. The van der Waals surface area contributed by atoms with Crippen molar-refractivity contribution < 1.29 is 8.78 Å². The van der Waals surface area contributed by atoms with Gasteiger partial charge in [-0.2, -0.15) is 10.2 Å². The van der Waals surface area contributed by atoms with E-state index in [1.165, 1.54) is 10.9 Å². The van der Waals surface area contributed by atoms with Gasteiger partial charge < -0.3 is 0 Å². The highest BCUT2D eigenvalue weighted by Crippen LogP contribution is 2.37. The van der Waals surface area contributed by atoms with E-state index in [1.54, 1.807) is 6.20 Å². The average Bonchev–Trinajstić information content (AvgIpc) is 2.76. The Morgan fingerprint density at radius 3 is 2.47 bits per heavy atom. The molecule has 0 atom stereocenters. The SMILES string of the molecule is CC(C)(C)c1cc(-c2cc(-c3ccc4c(c3)CC(F)(F)CC4)cnn2)cc2ccccc12. The zero-order valence-corrected chi connectivity index (χ0v) is 18.6. The fourth-order valence-corrected chi connectivity index (χ4v) is 4.64. The van der Waals surface area contributed by atoms with E-state index in [0.29, 0.717) is 6.42 Å². The Kier molecular flexibility index (Phi) is 4.85. The minimum atomic E-state index is -2.62. The lowest BCUT2D eigenvalue weighted by Crippen LogP contribution is -2.25. The lowest BCUT2D eigenvalue weighted by molar-refractivity contribution is -0.0122. The molecule has 4 aromatic rings. The first-order chi connectivity index (χ1) is 15.2. The summed E-state index contributed by atoms with van der Waals surface area (Å²) in [5.41, 5.74) is 6.56. The van der Waals surface area contributed by atoms with Crippen molar-refractivity contribution in [2.24, 2.45) is 0 Å². The second-order valence-electron chi connectivity index (χ2n) is 9.84. The molecule has 4 heteroatoms. The van der Waals surface area contributed by atoms with Gasteiger partial charge in [-0.3, -0.25) is 0 Å². The third-order valence-corrected chi connectivity index (χ3v) is 6.37. The molecule has 1 heterocycles. The average molecular weight is 429 g/mol. The number of nitrogens with zero attached hydrogens (tertiary/aromatic N) is 2. The molecule has 0 spiro atoms. The van der Waals surface area contributed by atoms with Crippen LogP contribution in [0.25, 0.3) is 33.2 Å². The van der Waals surface area contributed by atoms with Crippen LogP contribution in [0.2, 0.25) is 0 Å². The lowest BCUT2D eigenvalue weighted by atomic mass is 9.82. The molecule has 5 rings (SSSR count). The van der Waals surface area contributed by atoms with E-state index in [4.69, 9.17) is 0 Å². The number of hydrogen-bond acceptors (Lipinski definition) is 2. The standard InChI is InChI=1S/C28H26F2N2/c1-27(2,3)25-14-21(13-20-6-4-5-7-24(20)25)26-15-23(17-31-32-26)19-9-8-18-10-11-28(29,30)16-22(18)12-19/h4-9,12-15,17H,10-11,16H2,1-3H3. The zero-order chi connectivity index (χ0) is 22.5. The van der Waals surface area contributed by atoms with Gasteiger partial charge >= 0.3 is 0 Å². The summed E-state index contributed by atoms with van der Waals surface area (Å²) in [4.78, 5) is 0. The predicted octanol–water partition coefficient (Wildman–Crippen LogP) is 7.39. The Bertz CT molecular complexity index is 1320. The van der Waals surface area contributed by atoms with Crippen LogP contribution in [0.5, 0.6) is 0 Å². The van der Waals surface area contributed by atoms with Crippen molar-refractivity contribution in [1.29, 1.82) is 0 Å². The van der Waals surface area contributed by atoms with Crippen LogP contribution >= 0.6 is 0 Å². The first-order valence-electron chi connectivity index (χ1n) is 11.1. The normalized spacial score (nSPS) is 15.5. The van der Waals surface area contributed by atoms with Crippen molar-refractivity contribution in [3.8, 4) is 22.4 Å². The molecule has 0 N–H and O–H groups in total. The van der Waals surface area contributed by atoms with E-state index in [1.807, 2.05) is 30.3 Å². The maximum absolute atomic E-state index is 13.9. The van der Waals surface area contributed by atoms with Crippen molar-refractivity contribution in [3.05, 3.63) is 83.6 Å². The first-order valence-corrected chi connectivity index (χ1v) is 11.1. The summed E-state index contributed by atoms with van der Waals surface area (Å²) in [6, 6.07) is 20.6. The van der Waals surface area contributed by atoms with Gasteiger partial charge in [0.15, 0.2) is 0 Å². The van der Waals surface area contributed by atoms with Gasteiger partial charge in [0.05, 0.1) is 11.9 Å². The molecule has 0 unspecified atom stereocenters. The van der Waals surface area contributed by atoms with Gasteiger partial charge in [0, 0.05) is 24.0 Å². The van der Waals surface area contributed by atoms with E-state index < -0.39 is 5.92 Å². The Labute approximate surface area is 187 Å². The molecule has 2 nitrogen and oxygen atoms in total. The van der Waals surface area contributed by atoms with Gasteiger partial charge in [-0.1, -0.05) is 63.2 Å². The molecule has 1 aromatic heterocycles. The maximum atomic E-state index is 13.9. The summed E-state index contributed by atoms with van der Waals surface area (Å²) >= 11 is 0. The van der Waals surface area contributed by atoms with Crippen molar-refractivity contribution in [2.75, 3.05) is 0 Å². The van der Waals surface area contributed by atoms with Crippen LogP contribution in [0.3, 0.4) is 0 Å². The van der Waals surface area contributed by atoms with E-state index in [9.17, 15) is 8.78 Å². The molecule has 1 aliphatic carbocycles.